The normalized spacial score (nSPS) is 19.3. The van der Waals surface area contributed by atoms with Gasteiger partial charge in [-0.1, -0.05) is 48.5 Å². The number of fused-ring (bicyclic) bond motifs is 8. The van der Waals surface area contributed by atoms with Crippen molar-refractivity contribution in [2.24, 2.45) is 0 Å². The molecule has 0 saturated heterocycles. The van der Waals surface area contributed by atoms with Gasteiger partial charge in [0, 0.05) is 44.5 Å². The smallest absolute Gasteiger partial charge is 0.234 e. The Hall–Kier alpha value is -5.32. The van der Waals surface area contributed by atoms with E-state index in [1.54, 1.807) is 48.6 Å². The van der Waals surface area contributed by atoms with Crippen LogP contribution in [0, 0.1) is 0 Å². The second-order valence-electron chi connectivity index (χ2n) is 13.1. The Labute approximate surface area is 282 Å². The number of ether oxygens (including phenoxy) is 2. The Morgan fingerprint density at radius 3 is 1.31 bits per heavy atom. The van der Waals surface area contributed by atoms with E-state index >= 15 is 0 Å². The van der Waals surface area contributed by atoms with Gasteiger partial charge in [-0.05, 0) is 63.1 Å². The lowest BCUT2D eigenvalue weighted by Gasteiger charge is -2.37. The molecule has 2 aromatic heterocycles. The highest BCUT2D eigenvalue weighted by Gasteiger charge is 2.42. The van der Waals surface area contributed by atoms with Gasteiger partial charge in [0.05, 0.1) is 9.75 Å². The fourth-order valence-electron chi connectivity index (χ4n) is 6.91. The zero-order chi connectivity index (χ0) is 33.3. The summed E-state index contributed by atoms with van der Waals surface area (Å²) >= 11 is 2.81. The molecular formula is C38H24N2O6S2. The van der Waals surface area contributed by atoms with Gasteiger partial charge in [-0.2, -0.15) is 0 Å². The van der Waals surface area contributed by atoms with E-state index < -0.39 is 34.3 Å². The van der Waals surface area contributed by atoms with Crippen molar-refractivity contribution >= 4 is 69.1 Å². The monoisotopic (exact) mass is 668 g/mol. The SMILES string of the molecule is CC1(C)Oc2nc(/C=C3\C(=O)C(=O)c4ccccc43)sc2-c2cc3c(cc21)-c1sc(/C=C2\C(=O)C(=O)c4ccccc42)nc1OC3(C)C. The van der Waals surface area contributed by atoms with Gasteiger partial charge in [-0.3, -0.25) is 19.2 Å². The van der Waals surface area contributed by atoms with Crippen LogP contribution < -0.4 is 9.47 Å². The third-order valence-electron chi connectivity index (χ3n) is 9.23. The predicted molar refractivity (Wildman–Crippen MR) is 183 cm³/mol. The highest BCUT2D eigenvalue weighted by atomic mass is 32.1. The van der Waals surface area contributed by atoms with Gasteiger partial charge in [0.1, 0.15) is 21.2 Å². The molecule has 0 spiro atoms. The van der Waals surface area contributed by atoms with E-state index in [4.69, 9.17) is 19.4 Å². The molecule has 0 N–H and O–H groups in total. The minimum absolute atomic E-state index is 0.330. The molecule has 0 bridgehead atoms. The Bertz CT molecular complexity index is 2270. The molecule has 2 aliphatic heterocycles. The summed E-state index contributed by atoms with van der Waals surface area (Å²) in [7, 11) is 0. The molecule has 0 saturated carbocycles. The molecule has 48 heavy (non-hydrogen) atoms. The maximum absolute atomic E-state index is 12.9. The van der Waals surface area contributed by atoms with Crippen molar-refractivity contribution in [2.45, 2.75) is 38.9 Å². The predicted octanol–water partition coefficient (Wildman–Crippen LogP) is 7.80. The first-order valence-corrected chi connectivity index (χ1v) is 16.9. The Balaban J connectivity index is 1.16. The van der Waals surface area contributed by atoms with E-state index in [9.17, 15) is 19.2 Å². The molecular weight excluding hydrogens is 645 g/mol. The third kappa shape index (κ3) is 3.99. The maximum atomic E-state index is 12.9. The number of nitrogens with zero attached hydrogens (tertiary/aromatic N) is 2. The molecule has 9 rings (SSSR count). The number of allylic oxidation sites excluding steroid dienone is 2. The number of hydrogen-bond donors (Lipinski definition) is 0. The zero-order valence-electron chi connectivity index (χ0n) is 26.1. The molecule has 5 aromatic rings. The summed E-state index contributed by atoms with van der Waals surface area (Å²) in [5.74, 6) is -1.17. The van der Waals surface area contributed by atoms with Gasteiger partial charge in [-0.25, -0.2) is 9.97 Å². The van der Waals surface area contributed by atoms with Crippen LogP contribution in [0.2, 0.25) is 0 Å². The van der Waals surface area contributed by atoms with E-state index in [0.717, 1.165) is 32.0 Å². The highest BCUT2D eigenvalue weighted by molar-refractivity contribution is 7.17. The van der Waals surface area contributed by atoms with Crippen molar-refractivity contribution < 1.29 is 28.7 Å². The summed E-state index contributed by atoms with van der Waals surface area (Å²) in [6.07, 6.45) is 3.36. The average Bonchev–Trinajstić information content (AvgIpc) is 3.77. The number of rotatable bonds is 2. The van der Waals surface area contributed by atoms with Crippen LogP contribution in [-0.4, -0.2) is 33.1 Å². The summed E-state index contributed by atoms with van der Waals surface area (Å²) in [6, 6.07) is 18.3. The van der Waals surface area contributed by atoms with Gasteiger partial charge >= 0.3 is 0 Å². The molecule has 3 aromatic carbocycles. The van der Waals surface area contributed by atoms with Gasteiger partial charge in [0.25, 0.3) is 0 Å². The Kier molecular flexibility index (Phi) is 5.78. The quantitative estimate of drug-likeness (QED) is 0.138. The Morgan fingerprint density at radius 2 is 0.917 bits per heavy atom. The Morgan fingerprint density at radius 1 is 0.542 bits per heavy atom. The fourth-order valence-corrected chi connectivity index (χ4v) is 8.85. The minimum Gasteiger partial charge on any atom is -0.466 e. The highest BCUT2D eigenvalue weighted by Crippen LogP contribution is 2.55. The lowest BCUT2D eigenvalue weighted by molar-refractivity contribution is -0.110. The fraction of sp³-hybridized carbons (Fsp3) is 0.158. The summed E-state index contributed by atoms with van der Waals surface area (Å²) in [5.41, 5.74) is 5.01. The topological polar surface area (TPSA) is 113 Å². The second-order valence-corrected chi connectivity index (χ2v) is 15.1. The second kappa shape index (κ2) is 9.62. The van der Waals surface area contributed by atoms with Crippen LogP contribution >= 0.6 is 22.7 Å². The van der Waals surface area contributed by atoms with Gasteiger partial charge in [-0.15, -0.1) is 22.7 Å². The van der Waals surface area contributed by atoms with Crippen LogP contribution in [0.1, 0.15) is 80.7 Å². The number of ketones is 4. The van der Waals surface area contributed by atoms with Crippen LogP contribution in [0.4, 0.5) is 0 Å². The number of carbonyl (C=O) groups excluding carboxylic acids is 4. The van der Waals surface area contributed by atoms with Crippen molar-refractivity contribution in [1.82, 2.24) is 9.97 Å². The molecule has 0 fully saturated rings. The number of carbonyl (C=O) groups is 4. The lowest BCUT2D eigenvalue weighted by Crippen LogP contribution is -2.32. The van der Waals surface area contributed by atoms with Crippen molar-refractivity contribution in [2.75, 3.05) is 0 Å². The molecule has 2 aliphatic carbocycles. The van der Waals surface area contributed by atoms with Crippen molar-refractivity contribution in [1.29, 1.82) is 0 Å². The van der Waals surface area contributed by atoms with Crippen molar-refractivity contribution in [3.63, 3.8) is 0 Å². The zero-order valence-corrected chi connectivity index (χ0v) is 27.7. The van der Waals surface area contributed by atoms with E-state index in [0.29, 0.717) is 55.2 Å². The molecule has 4 heterocycles. The van der Waals surface area contributed by atoms with Gasteiger partial charge in [0.15, 0.2) is 0 Å². The molecule has 0 radical (unpaired) electrons. The molecule has 0 amide bonds. The number of hydrogen-bond acceptors (Lipinski definition) is 10. The van der Waals surface area contributed by atoms with E-state index in [1.165, 1.54) is 22.7 Å². The summed E-state index contributed by atoms with van der Waals surface area (Å²) in [4.78, 5) is 62.2. The lowest BCUT2D eigenvalue weighted by atomic mass is 9.81. The number of Topliss-reactive ketones (excluding diaryl/α,β-unsaturated/α-hetero) is 4. The standard InChI is InChI=1S/C38H24N2O6S2/c1-37(2)25-13-24-26(14-23(25)33-35(45-37)39-27(47-33)15-21-17-9-5-7-11-19(17)29(41)31(21)43)38(3,4)46-36-34(24)48-28(40-36)16-22-18-10-6-8-12-20(18)30(42)32(22)44/h5-16H,1-4H3/b21-15-,22-16-. The maximum Gasteiger partial charge on any atom is 0.234 e. The summed E-state index contributed by atoms with van der Waals surface area (Å²) in [6.45, 7) is 7.95. The number of aromatic nitrogens is 2. The number of benzene rings is 3. The molecule has 0 atom stereocenters. The third-order valence-corrected chi connectivity index (χ3v) is 11.3. The summed E-state index contributed by atoms with van der Waals surface area (Å²) < 4.78 is 13.0. The number of thiazole rings is 2. The van der Waals surface area contributed by atoms with E-state index in [2.05, 4.69) is 12.1 Å². The molecule has 0 unspecified atom stereocenters. The largest absolute Gasteiger partial charge is 0.466 e. The molecule has 4 aliphatic rings. The van der Waals surface area contributed by atoms with Crippen LogP contribution in [0.3, 0.4) is 0 Å². The molecule has 8 nitrogen and oxygen atoms in total. The van der Waals surface area contributed by atoms with Crippen molar-refractivity contribution in [3.8, 4) is 32.6 Å². The summed E-state index contributed by atoms with van der Waals surface area (Å²) in [5, 5.41) is 1.13. The first-order valence-electron chi connectivity index (χ1n) is 15.3. The average molecular weight is 669 g/mol. The van der Waals surface area contributed by atoms with E-state index in [-0.39, 0.29) is 0 Å². The van der Waals surface area contributed by atoms with E-state index in [1.807, 2.05) is 39.8 Å². The van der Waals surface area contributed by atoms with Gasteiger partial charge in [0.2, 0.25) is 34.9 Å². The van der Waals surface area contributed by atoms with Crippen LogP contribution in [0.25, 0.3) is 44.2 Å². The molecule has 10 heteroatoms. The molecule has 234 valence electrons. The van der Waals surface area contributed by atoms with Crippen LogP contribution in [-0.2, 0) is 20.8 Å². The van der Waals surface area contributed by atoms with Gasteiger partial charge < -0.3 is 9.47 Å². The first kappa shape index (κ1) is 28.9. The van der Waals surface area contributed by atoms with Crippen molar-refractivity contribution in [3.05, 3.63) is 104 Å². The minimum atomic E-state index is -0.750. The first-order chi connectivity index (χ1) is 22.9. The van der Waals surface area contributed by atoms with Crippen LogP contribution in [0.5, 0.6) is 11.8 Å². The van der Waals surface area contributed by atoms with Crippen LogP contribution in [0.15, 0.2) is 60.7 Å².